The molecular formula is C15H16N4O. The second-order valence-electron chi connectivity index (χ2n) is 4.60. The molecular weight excluding hydrogens is 252 g/mol. The summed E-state index contributed by atoms with van der Waals surface area (Å²) in [7, 11) is 1.66. The molecule has 1 aromatic carbocycles. The van der Waals surface area contributed by atoms with Crippen LogP contribution < -0.4 is 10.1 Å². The van der Waals surface area contributed by atoms with E-state index in [2.05, 4.69) is 15.4 Å². The number of aromatic nitrogens is 3. The maximum atomic E-state index is 5.14. The van der Waals surface area contributed by atoms with Gasteiger partial charge in [-0.3, -0.25) is 0 Å². The van der Waals surface area contributed by atoms with E-state index in [0.717, 1.165) is 22.5 Å². The molecule has 3 rings (SSSR count). The van der Waals surface area contributed by atoms with E-state index in [1.807, 2.05) is 49.5 Å². The van der Waals surface area contributed by atoms with Crippen LogP contribution in [0.1, 0.15) is 11.1 Å². The molecule has 0 bridgehead atoms. The van der Waals surface area contributed by atoms with Gasteiger partial charge in [0.25, 0.3) is 0 Å². The topological polar surface area (TPSA) is 51.5 Å². The summed E-state index contributed by atoms with van der Waals surface area (Å²) in [6.07, 6.45) is 1.90. The first-order chi connectivity index (χ1) is 9.76. The Morgan fingerprint density at radius 2 is 2.00 bits per heavy atom. The molecule has 0 spiro atoms. The zero-order valence-electron chi connectivity index (χ0n) is 11.5. The number of rotatable bonds is 4. The van der Waals surface area contributed by atoms with Gasteiger partial charge in [0.05, 0.1) is 7.11 Å². The van der Waals surface area contributed by atoms with Crippen LogP contribution in [0.15, 0.2) is 42.6 Å². The minimum atomic E-state index is 0.634. The Morgan fingerprint density at radius 1 is 1.20 bits per heavy atom. The smallest absolute Gasteiger partial charge is 0.243 e. The highest BCUT2D eigenvalue weighted by Crippen LogP contribution is 2.13. The van der Waals surface area contributed by atoms with Crippen LogP contribution in [-0.2, 0) is 6.54 Å². The SMILES string of the molecule is COc1ccc(CNc2nc3c(C)cccn3n2)cc1. The number of aryl methyl sites for hydroxylation is 1. The highest BCUT2D eigenvalue weighted by atomic mass is 16.5. The van der Waals surface area contributed by atoms with Gasteiger partial charge in [-0.15, -0.1) is 5.10 Å². The van der Waals surface area contributed by atoms with Gasteiger partial charge in [-0.25, -0.2) is 4.52 Å². The Labute approximate surface area is 117 Å². The Morgan fingerprint density at radius 3 is 2.70 bits per heavy atom. The zero-order chi connectivity index (χ0) is 13.9. The first-order valence-electron chi connectivity index (χ1n) is 6.45. The summed E-state index contributed by atoms with van der Waals surface area (Å²) in [5, 5.41) is 7.62. The van der Waals surface area contributed by atoms with Gasteiger partial charge in [0, 0.05) is 12.7 Å². The maximum Gasteiger partial charge on any atom is 0.243 e. The van der Waals surface area contributed by atoms with Crippen LogP contribution in [0, 0.1) is 6.92 Å². The molecule has 3 aromatic rings. The van der Waals surface area contributed by atoms with Gasteiger partial charge in [-0.2, -0.15) is 4.98 Å². The maximum absolute atomic E-state index is 5.14. The van der Waals surface area contributed by atoms with E-state index in [4.69, 9.17) is 4.74 Å². The largest absolute Gasteiger partial charge is 0.497 e. The Balaban J connectivity index is 1.74. The fourth-order valence-electron chi connectivity index (χ4n) is 2.04. The zero-order valence-corrected chi connectivity index (χ0v) is 11.5. The molecule has 0 fully saturated rings. The van der Waals surface area contributed by atoms with Gasteiger partial charge < -0.3 is 10.1 Å². The van der Waals surface area contributed by atoms with Crippen molar-refractivity contribution in [3.05, 3.63) is 53.7 Å². The first kappa shape index (κ1) is 12.5. The molecule has 0 radical (unpaired) electrons. The third kappa shape index (κ3) is 2.42. The van der Waals surface area contributed by atoms with Crippen molar-refractivity contribution in [3.63, 3.8) is 0 Å². The van der Waals surface area contributed by atoms with Gasteiger partial charge >= 0.3 is 0 Å². The average molecular weight is 268 g/mol. The molecule has 0 saturated heterocycles. The molecule has 0 unspecified atom stereocenters. The van der Waals surface area contributed by atoms with Crippen molar-refractivity contribution in [2.45, 2.75) is 13.5 Å². The molecule has 2 aromatic heterocycles. The van der Waals surface area contributed by atoms with E-state index in [1.165, 1.54) is 0 Å². The number of benzene rings is 1. The minimum absolute atomic E-state index is 0.634. The van der Waals surface area contributed by atoms with Crippen molar-refractivity contribution in [1.29, 1.82) is 0 Å². The standard InChI is InChI=1S/C15H16N4O/c1-11-4-3-9-19-14(11)17-15(18-19)16-10-12-5-7-13(20-2)8-6-12/h3-9H,10H2,1-2H3,(H,16,18). The quantitative estimate of drug-likeness (QED) is 0.790. The molecule has 0 atom stereocenters. The molecule has 2 heterocycles. The van der Waals surface area contributed by atoms with E-state index in [-0.39, 0.29) is 0 Å². The van der Waals surface area contributed by atoms with Crippen LogP contribution in [0.4, 0.5) is 5.95 Å². The second-order valence-corrected chi connectivity index (χ2v) is 4.60. The van der Waals surface area contributed by atoms with Crippen LogP contribution in [0.25, 0.3) is 5.65 Å². The number of anilines is 1. The van der Waals surface area contributed by atoms with Crippen LogP contribution in [0.2, 0.25) is 0 Å². The normalized spacial score (nSPS) is 10.7. The third-order valence-electron chi connectivity index (χ3n) is 3.17. The van der Waals surface area contributed by atoms with Crippen molar-refractivity contribution in [2.24, 2.45) is 0 Å². The van der Waals surface area contributed by atoms with Crippen LogP contribution >= 0.6 is 0 Å². The van der Waals surface area contributed by atoms with Crippen LogP contribution in [0.5, 0.6) is 5.75 Å². The Bertz CT molecular complexity index is 718. The van der Waals surface area contributed by atoms with Gasteiger partial charge in [-0.05, 0) is 36.2 Å². The fourth-order valence-corrected chi connectivity index (χ4v) is 2.04. The molecule has 0 aliphatic heterocycles. The Kier molecular flexibility index (Phi) is 3.25. The lowest BCUT2D eigenvalue weighted by Crippen LogP contribution is -2.01. The number of ether oxygens (including phenoxy) is 1. The molecule has 1 N–H and O–H groups in total. The lowest BCUT2D eigenvalue weighted by molar-refractivity contribution is 0.414. The van der Waals surface area contributed by atoms with Gasteiger partial charge in [0.15, 0.2) is 5.65 Å². The molecule has 0 aliphatic carbocycles. The first-order valence-corrected chi connectivity index (χ1v) is 6.45. The summed E-state index contributed by atoms with van der Waals surface area (Å²) in [5.41, 5.74) is 3.14. The van der Waals surface area contributed by atoms with Gasteiger partial charge in [0.1, 0.15) is 5.75 Å². The Hall–Kier alpha value is -2.56. The number of fused-ring (bicyclic) bond motifs is 1. The highest BCUT2D eigenvalue weighted by Gasteiger charge is 2.04. The molecule has 5 heteroatoms. The summed E-state index contributed by atoms with van der Waals surface area (Å²) >= 11 is 0. The predicted octanol–water partition coefficient (Wildman–Crippen LogP) is 2.66. The van der Waals surface area contributed by atoms with E-state index >= 15 is 0 Å². The van der Waals surface area contributed by atoms with Crippen molar-refractivity contribution in [2.75, 3.05) is 12.4 Å². The number of hydrogen-bond acceptors (Lipinski definition) is 4. The van der Waals surface area contributed by atoms with E-state index < -0.39 is 0 Å². The van der Waals surface area contributed by atoms with E-state index in [9.17, 15) is 0 Å². The van der Waals surface area contributed by atoms with Crippen molar-refractivity contribution >= 4 is 11.6 Å². The number of pyridine rings is 1. The van der Waals surface area contributed by atoms with E-state index in [1.54, 1.807) is 11.6 Å². The fraction of sp³-hybridized carbons (Fsp3) is 0.200. The predicted molar refractivity (Wildman–Crippen MR) is 78.0 cm³/mol. The van der Waals surface area contributed by atoms with Crippen molar-refractivity contribution < 1.29 is 4.74 Å². The third-order valence-corrected chi connectivity index (χ3v) is 3.17. The summed E-state index contributed by atoms with van der Waals surface area (Å²) in [5.74, 6) is 1.49. The van der Waals surface area contributed by atoms with Crippen LogP contribution in [-0.4, -0.2) is 21.7 Å². The molecule has 0 saturated carbocycles. The summed E-state index contributed by atoms with van der Waals surface area (Å²) in [6, 6.07) is 11.9. The van der Waals surface area contributed by atoms with Gasteiger partial charge in [-0.1, -0.05) is 18.2 Å². The van der Waals surface area contributed by atoms with Crippen molar-refractivity contribution in [3.8, 4) is 5.75 Å². The number of nitrogens with zero attached hydrogens (tertiary/aromatic N) is 3. The minimum Gasteiger partial charge on any atom is -0.497 e. The van der Waals surface area contributed by atoms with E-state index in [0.29, 0.717) is 12.5 Å². The highest BCUT2D eigenvalue weighted by molar-refractivity contribution is 5.49. The monoisotopic (exact) mass is 268 g/mol. The number of hydrogen-bond donors (Lipinski definition) is 1. The molecule has 0 amide bonds. The van der Waals surface area contributed by atoms with Crippen molar-refractivity contribution in [1.82, 2.24) is 14.6 Å². The average Bonchev–Trinajstić information content (AvgIpc) is 2.90. The van der Waals surface area contributed by atoms with Gasteiger partial charge in [0.2, 0.25) is 5.95 Å². The molecule has 102 valence electrons. The summed E-state index contributed by atoms with van der Waals surface area (Å²) in [6.45, 7) is 2.71. The summed E-state index contributed by atoms with van der Waals surface area (Å²) in [4.78, 5) is 4.48. The number of methoxy groups -OCH3 is 1. The molecule has 20 heavy (non-hydrogen) atoms. The number of nitrogens with one attached hydrogen (secondary N) is 1. The van der Waals surface area contributed by atoms with Crippen LogP contribution in [0.3, 0.4) is 0 Å². The molecule has 5 nitrogen and oxygen atoms in total. The lowest BCUT2D eigenvalue weighted by atomic mass is 10.2. The second kappa shape index (κ2) is 5.21. The summed E-state index contributed by atoms with van der Waals surface area (Å²) < 4.78 is 6.92. The lowest BCUT2D eigenvalue weighted by Gasteiger charge is -2.03. The molecule has 0 aliphatic rings.